The topological polar surface area (TPSA) is 24.5 Å². The van der Waals surface area contributed by atoms with Crippen LogP contribution in [0, 0.1) is 0 Å². The van der Waals surface area contributed by atoms with Crippen LogP contribution in [0.15, 0.2) is 0 Å². The van der Waals surface area contributed by atoms with E-state index >= 15 is 0 Å². The van der Waals surface area contributed by atoms with Gasteiger partial charge in [0.1, 0.15) is 0 Å². The smallest absolute Gasteiger partial charge is 0.168 e. The molecule has 0 saturated carbocycles. The minimum Gasteiger partial charge on any atom is -0.383 e. The van der Waals surface area contributed by atoms with E-state index in [1.54, 1.807) is 7.11 Å². The second-order valence-corrected chi connectivity index (χ2v) is 3.86. The lowest BCUT2D eigenvalue weighted by Crippen LogP contribution is -2.43. The normalized spacial score (nSPS) is 12.3. The Balaban J connectivity index is 3.74. The van der Waals surface area contributed by atoms with Gasteiger partial charge in [-0.15, -0.1) is 0 Å². The van der Waals surface area contributed by atoms with E-state index in [2.05, 4.69) is 24.1 Å². The molecule has 0 aromatic rings. The molecule has 0 saturated heterocycles. The van der Waals surface area contributed by atoms with Crippen molar-refractivity contribution in [2.75, 3.05) is 27.3 Å². The number of ether oxygens (including phenoxy) is 1. The van der Waals surface area contributed by atoms with Gasteiger partial charge in [-0.3, -0.25) is 0 Å². The first-order valence-electron chi connectivity index (χ1n) is 5.13. The van der Waals surface area contributed by atoms with Crippen LogP contribution in [-0.4, -0.2) is 43.4 Å². The highest BCUT2D eigenvalue weighted by Gasteiger charge is 2.10. The summed E-state index contributed by atoms with van der Waals surface area (Å²) in [5.41, 5.74) is 0. The highest BCUT2D eigenvalue weighted by Crippen LogP contribution is 2.03. The van der Waals surface area contributed by atoms with Crippen molar-refractivity contribution in [3.8, 4) is 0 Å². The number of nitrogens with one attached hydrogen (secondary N) is 1. The molecule has 0 fully saturated rings. The fourth-order valence-corrected chi connectivity index (χ4v) is 1.48. The molecule has 0 aromatic heterocycles. The molecule has 0 spiro atoms. The summed E-state index contributed by atoms with van der Waals surface area (Å²) in [7, 11) is 3.72. The molecular formula is C10H22N2OS. The molecule has 0 rings (SSSR count). The molecule has 0 radical (unpaired) electrons. The fraction of sp³-hybridized carbons (Fsp3) is 0.900. The van der Waals surface area contributed by atoms with Gasteiger partial charge >= 0.3 is 0 Å². The minimum atomic E-state index is 0.502. The summed E-state index contributed by atoms with van der Waals surface area (Å²) in [6, 6.07) is 0.502. The Labute approximate surface area is 92.8 Å². The van der Waals surface area contributed by atoms with Gasteiger partial charge < -0.3 is 15.0 Å². The minimum absolute atomic E-state index is 0.502. The SMILES string of the molecule is CCCC(C)N(C)C(=S)NCCOC. The number of hydrogen-bond acceptors (Lipinski definition) is 2. The second kappa shape index (κ2) is 8.00. The maximum Gasteiger partial charge on any atom is 0.168 e. The van der Waals surface area contributed by atoms with E-state index in [9.17, 15) is 0 Å². The summed E-state index contributed by atoms with van der Waals surface area (Å²) in [6.45, 7) is 5.84. The van der Waals surface area contributed by atoms with Gasteiger partial charge in [0.2, 0.25) is 0 Å². The molecule has 0 amide bonds. The number of thiocarbonyl (C=S) groups is 1. The summed E-state index contributed by atoms with van der Waals surface area (Å²) >= 11 is 5.24. The Hall–Kier alpha value is -0.350. The zero-order chi connectivity index (χ0) is 11.0. The molecule has 1 atom stereocenters. The molecule has 1 N–H and O–H groups in total. The van der Waals surface area contributed by atoms with Crippen LogP contribution >= 0.6 is 12.2 Å². The van der Waals surface area contributed by atoms with Crippen molar-refractivity contribution in [1.29, 1.82) is 0 Å². The number of methoxy groups -OCH3 is 1. The van der Waals surface area contributed by atoms with Gasteiger partial charge in [0.05, 0.1) is 6.61 Å². The van der Waals surface area contributed by atoms with E-state index in [0.717, 1.165) is 11.7 Å². The van der Waals surface area contributed by atoms with E-state index < -0.39 is 0 Å². The van der Waals surface area contributed by atoms with Crippen LogP contribution < -0.4 is 5.32 Å². The molecule has 1 unspecified atom stereocenters. The first-order valence-corrected chi connectivity index (χ1v) is 5.53. The van der Waals surface area contributed by atoms with Crippen molar-refractivity contribution in [3.63, 3.8) is 0 Å². The molecule has 84 valence electrons. The maximum atomic E-state index is 5.24. The largest absolute Gasteiger partial charge is 0.383 e. The van der Waals surface area contributed by atoms with Crippen LogP contribution in [0.25, 0.3) is 0 Å². The van der Waals surface area contributed by atoms with E-state index in [-0.39, 0.29) is 0 Å². The lowest BCUT2D eigenvalue weighted by atomic mass is 10.2. The first-order chi connectivity index (χ1) is 6.63. The van der Waals surface area contributed by atoms with Crippen LogP contribution in [-0.2, 0) is 4.74 Å². The van der Waals surface area contributed by atoms with E-state index in [1.807, 2.05) is 7.05 Å². The molecule has 0 heterocycles. The zero-order valence-electron chi connectivity index (χ0n) is 9.67. The maximum absolute atomic E-state index is 5.24. The molecule has 0 aliphatic heterocycles. The molecule has 0 aliphatic rings. The Morgan fingerprint density at radius 2 is 2.21 bits per heavy atom. The van der Waals surface area contributed by atoms with Crippen molar-refractivity contribution in [1.82, 2.24) is 10.2 Å². The lowest BCUT2D eigenvalue weighted by Gasteiger charge is -2.27. The molecule has 3 nitrogen and oxygen atoms in total. The summed E-state index contributed by atoms with van der Waals surface area (Å²) in [5.74, 6) is 0. The van der Waals surface area contributed by atoms with Crippen LogP contribution in [0.4, 0.5) is 0 Å². The van der Waals surface area contributed by atoms with Crippen LogP contribution in [0.1, 0.15) is 26.7 Å². The number of rotatable bonds is 6. The quantitative estimate of drug-likeness (QED) is 0.541. The number of nitrogens with zero attached hydrogens (tertiary/aromatic N) is 1. The standard InChI is InChI=1S/C10H22N2OS/c1-5-6-9(2)12(3)10(14)11-7-8-13-4/h9H,5-8H2,1-4H3,(H,11,14). The van der Waals surface area contributed by atoms with Crippen molar-refractivity contribution in [2.45, 2.75) is 32.7 Å². The van der Waals surface area contributed by atoms with Gasteiger partial charge in [0.25, 0.3) is 0 Å². The summed E-state index contributed by atoms with van der Waals surface area (Å²) in [4.78, 5) is 2.11. The Morgan fingerprint density at radius 1 is 1.57 bits per heavy atom. The molecule has 4 heteroatoms. The van der Waals surface area contributed by atoms with E-state index in [1.165, 1.54) is 12.8 Å². The lowest BCUT2D eigenvalue weighted by molar-refractivity contribution is 0.202. The fourth-order valence-electron chi connectivity index (χ4n) is 1.20. The third-order valence-electron chi connectivity index (χ3n) is 2.27. The summed E-state index contributed by atoms with van der Waals surface area (Å²) in [5, 5.41) is 3.96. The average molecular weight is 218 g/mol. The zero-order valence-corrected chi connectivity index (χ0v) is 10.5. The van der Waals surface area contributed by atoms with Gasteiger partial charge in [-0.1, -0.05) is 13.3 Å². The molecule has 0 bridgehead atoms. The van der Waals surface area contributed by atoms with Crippen LogP contribution in [0.5, 0.6) is 0 Å². The third kappa shape index (κ3) is 5.40. The van der Waals surface area contributed by atoms with Gasteiger partial charge in [-0.2, -0.15) is 0 Å². The van der Waals surface area contributed by atoms with Gasteiger partial charge in [-0.25, -0.2) is 0 Å². The monoisotopic (exact) mass is 218 g/mol. The first kappa shape index (κ1) is 13.7. The second-order valence-electron chi connectivity index (χ2n) is 3.47. The van der Waals surface area contributed by atoms with Crippen LogP contribution in [0.2, 0.25) is 0 Å². The van der Waals surface area contributed by atoms with Crippen molar-refractivity contribution in [2.24, 2.45) is 0 Å². The summed E-state index contributed by atoms with van der Waals surface area (Å²) < 4.78 is 4.94. The Kier molecular flexibility index (Phi) is 7.80. The molecule has 14 heavy (non-hydrogen) atoms. The predicted molar refractivity (Wildman–Crippen MR) is 64.6 cm³/mol. The van der Waals surface area contributed by atoms with Crippen molar-refractivity contribution >= 4 is 17.3 Å². The van der Waals surface area contributed by atoms with Gasteiger partial charge in [-0.05, 0) is 25.6 Å². The van der Waals surface area contributed by atoms with Crippen molar-refractivity contribution in [3.05, 3.63) is 0 Å². The third-order valence-corrected chi connectivity index (χ3v) is 2.70. The van der Waals surface area contributed by atoms with Gasteiger partial charge in [0.15, 0.2) is 5.11 Å². The highest BCUT2D eigenvalue weighted by atomic mass is 32.1. The molecular weight excluding hydrogens is 196 g/mol. The molecule has 0 aliphatic carbocycles. The predicted octanol–water partition coefficient (Wildman–Crippen LogP) is 1.63. The highest BCUT2D eigenvalue weighted by molar-refractivity contribution is 7.80. The Bertz CT molecular complexity index is 164. The van der Waals surface area contributed by atoms with Crippen LogP contribution in [0.3, 0.4) is 0 Å². The van der Waals surface area contributed by atoms with Gasteiger partial charge in [0, 0.05) is 26.7 Å². The van der Waals surface area contributed by atoms with E-state index in [0.29, 0.717) is 12.6 Å². The summed E-state index contributed by atoms with van der Waals surface area (Å²) in [6.07, 6.45) is 2.36. The average Bonchev–Trinajstić information content (AvgIpc) is 2.17. The molecule has 0 aromatic carbocycles. The van der Waals surface area contributed by atoms with Crippen molar-refractivity contribution < 1.29 is 4.74 Å². The Morgan fingerprint density at radius 3 is 2.71 bits per heavy atom. The number of hydrogen-bond donors (Lipinski definition) is 1. The van der Waals surface area contributed by atoms with E-state index in [4.69, 9.17) is 17.0 Å².